The zero-order valence-electron chi connectivity index (χ0n) is 9.77. The van der Waals surface area contributed by atoms with Crippen LogP contribution in [0.2, 0.25) is 5.02 Å². The zero-order valence-corrected chi connectivity index (χ0v) is 10.5. The molecule has 0 aliphatic heterocycles. The number of nitriles is 2. The summed E-state index contributed by atoms with van der Waals surface area (Å²) >= 11 is 5.95. The van der Waals surface area contributed by atoms with Gasteiger partial charge in [-0.3, -0.25) is 0 Å². The Morgan fingerprint density at radius 3 is 2.32 bits per heavy atom. The number of halogens is 2. The van der Waals surface area contributed by atoms with Crippen LogP contribution in [-0.2, 0) is 0 Å². The van der Waals surface area contributed by atoms with E-state index in [9.17, 15) is 9.65 Å². The molecular weight excluding hydrogens is 263 g/mol. The van der Waals surface area contributed by atoms with Crippen LogP contribution in [0, 0.1) is 28.5 Å². The first-order chi connectivity index (χ1) is 9.17. The summed E-state index contributed by atoms with van der Waals surface area (Å²) in [7, 11) is 0. The number of rotatable bonds is 2. The molecule has 0 N–H and O–H groups in total. The molecule has 0 fully saturated rings. The Kier molecular flexibility index (Phi) is 3.80. The molecule has 0 saturated carbocycles. The topological polar surface area (TPSA) is 47.6 Å². The third-order valence-corrected chi connectivity index (χ3v) is 3.12. The lowest BCUT2D eigenvalue weighted by atomic mass is 9.89. The molecule has 1 unspecified atom stereocenters. The fourth-order valence-electron chi connectivity index (χ4n) is 1.88. The molecule has 0 spiro atoms. The van der Waals surface area contributed by atoms with Gasteiger partial charge >= 0.3 is 0 Å². The molecule has 1 atom stereocenters. The van der Waals surface area contributed by atoms with E-state index in [1.54, 1.807) is 18.2 Å². The molecule has 92 valence electrons. The molecule has 19 heavy (non-hydrogen) atoms. The Labute approximate surface area is 115 Å². The molecule has 2 aromatic rings. The predicted molar refractivity (Wildman–Crippen MR) is 70.0 cm³/mol. The van der Waals surface area contributed by atoms with E-state index in [0.717, 1.165) is 0 Å². The normalized spacial score (nSPS) is 11.4. The van der Waals surface area contributed by atoms with E-state index >= 15 is 0 Å². The lowest BCUT2D eigenvalue weighted by Gasteiger charge is -2.12. The van der Waals surface area contributed by atoms with Crippen LogP contribution in [0.1, 0.15) is 22.6 Å². The molecule has 0 heterocycles. The molecule has 0 bridgehead atoms. The van der Waals surface area contributed by atoms with Gasteiger partial charge < -0.3 is 0 Å². The minimum Gasteiger partial charge on any atom is -0.207 e. The summed E-state index contributed by atoms with van der Waals surface area (Å²) in [5.41, 5.74) is 1.44. The number of benzene rings is 2. The monoisotopic (exact) mass is 270 g/mol. The van der Waals surface area contributed by atoms with E-state index in [2.05, 4.69) is 6.07 Å². The van der Waals surface area contributed by atoms with Gasteiger partial charge in [-0.05, 0) is 29.3 Å². The van der Waals surface area contributed by atoms with E-state index < -0.39 is 5.92 Å². The standard InChI is InChI=1S/C15H8ClFN2/c16-15-3-1-2-12(14(15)9-19)13(8-18)10-4-6-11(17)7-5-10/h1-7,13H. The van der Waals surface area contributed by atoms with E-state index in [0.29, 0.717) is 16.1 Å². The average Bonchev–Trinajstić information content (AvgIpc) is 2.42. The first-order valence-corrected chi connectivity index (χ1v) is 5.88. The van der Waals surface area contributed by atoms with Gasteiger partial charge in [-0.1, -0.05) is 35.9 Å². The molecular formula is C15H8ClFN2. The second kappa shape index (κ2) is 5.52. The van der Waals surface area contributed by atoms with Crippen molar-refractivity contribution in [3.05, 3.63) is 70.0 Å². The lowest BCUT2D eigenvalue weighted by Crippen LogP contribution is -2.01. The van der Waals surface area contributed by atoms with Gasteiger partial charge in [-0.2, -0.15) is 10.5 Å². The quantitative estimate of drug-likeness (QED) is 0.828. The molecule has 2 aromatic carbocycles. The van der Waals surface area contributed by atoms with E-state index in [1.165, 1.54) is 24.3 Å². The molecule has 0 amide bonds. The smallest absolute Gasteiger partial charge is 0.123 e. The van der Waals surface area contributed by atoms with Gasteiger partial charge in [0, 0.05) is 0 Å². The van der Waals surface area contributed by atoms with Crippen LogP contribution < -0.4 is 0 Å². The van der Waals surface area contributed by atoms with Crippen molar-refractivity contribution in [3.8, 4) is 12.1 Å². The van der Waals surface area contributed by atoms with Crippen LogP contribution >= 0.6 is 11.6 Å². The Hall–Kier alpha value is -2.36. The number of nitrogens with zero attached hydrogens (tertiary/aromatic N) is 2. The highest BCUT2D eigenvalue weighted by Gasteiger charge is 2.18. The lowest BCUT2D eigenvalue weighted by molar-refractivity contribution is 0.627. The van der Waals surface area contributed by atoms with Crippen molar-refractivity contribution in [1.82, 2.24) is 0 Å². The maximum Gasteiger partial charge on any atom is 0.123 e. The van der Waals surface area contributed by atoms with Crippen LogP contribution in [-0.4, -0.2) is 0 Å². The largest absolute Gasteiger partial charge is 0.207 e. The number of hydrogen-bond acceptors (Lipinski definition) is 2. The Bertz CT molecular complexity index is 681. The third-order valence-electron chi connectivity index (χ3n) is 2.80. The van der Waals surface area contributed by atoms with E-state index in [4.69, 9.17) is 16.9 Å². The molecule has 2 nitrogen and oxygen atoms in total. The summed E-state index contributed by atoms with van der Waals surface area (Å²) in [6.45, 7) is 0. The summed E-state index contributed by atoms with van der Waals surface area (Å²) in [5, 5.41) is 18.8. The minimum atomic E-state index is -0.644. The summed E-state index contributed by atoms with van der Waals surface area (Å²) < 4.78 is 12.9. The molecule has 0 aromatic heterocycles. The maximum atomic E-state index is 12.9. The van der Waals surface area contributed by atoms with Gasteiger partial charge in [0.05, 0.1) is 22.6 Å². The van der Waals surface area contributed by atoms with Crippen LogP contribution in [0.4, 0.5) is 4.39 Å². The Morgan fingerprint density at radius 2 is 1.74 bits per heavy atom. The second-order valence-corrected chi connectivity index (χ2v) is 4.34. The van der Waals surface area contributed by atoms with Gasteiger partial charge in [-0.15, -0.1) is 0 Å². The molecule has 0 aliphatic rings. The van der Waals surface area contributed by atoms with Gasteiger partial charge in [0.25, 0.3) is 0 Å². The van der Waals surface area contributed by atoms with Crippen LogP contribution in [0.3, 0.4) is 0 Å². The molecule has 2 rings (SSSR count). The Morgan fingerprint density at radius 1 is 1.05 bits per heavy atom. The molecule has 0 aliphatic carbocycles. The highest BCUT2D eigenvalue weighted by atomic mass is 35.5. The highest BCUT2D eigenvalue weighted by Crippen LogP contribution is 2.30. The zero-order chi connectivity index (χ0) is 13.8. The van der Waals surface area contributed by atoms with Crippen LogP contribution in [0.15, 0.2) is 42.5 Å². The van der Waals surface area contributed by atoms with Gasteiger partial charge in [0.1, 0.15) is 11.9 Å². The van der Waals surface area contributed by atoms with Crippen molar-refractivity contribution in [2.75, 3.05) is 0 Å². The third kappa shape index (κ3) is 2.57. The first kappa shape index (κ1) is 13.1. The van der Waals surface area contributed by atoms with Gasteiger partial charge in [-0.25, -0.2) is 4.39 Å². The molecule has 0 saturated heterocycles. The average molecular weight is 271 g/mol. The van der Waals surface area contributed by atoms with Crippen molar-refractivity contribution < 1.29 is 4.39 Å². The van der Waals surface area contributed by atoms with Crippen LogP contribution in [0.25, 0.3) is 0 Å². The van der Waals surface area contributed by atoms with Crippen molar-refractivity contribution in [2.24, 2.45) is 0 Å². The van der Waals surface area contributed by atoms with E-state index in [-0.39, 0.29) is 11.4 Å². The van der Waals surface area contributed by atoms with Crippen molar-refractivity contribution in [2.45, 2.75) is 5.92 Å². The van der Waals surface area contributed by atoms with Crippen molar-refractivity contribution in [1.29, 1.82) is 10.5 Å². The minimum absolute atomic E-state index is 0.278. The van der Waals surface area contributed by atoms with Crippen LogP contribution in [0.5, 0.6) is 0 Å². The molecule has 4 heteroatoms. The number of hydrogen-bond donors (Lipinski definition) is 0. The highest BCUT2D eigenvalue weighted by molar-refractivity contribution is 6.31. The van der Waals surface area contributed by atoms with Gasteiger partial charge in [0.15, 0.2) is 0 Å². The summed E-state index contributed by atoms with van der Waals surface area (Å²) in [5.74, 6) is -1.01. The predicted octanol–water partition coefficient (Wildman–Crippen LogP) is 4.01. The summed E-state index contributed by atoms with van der Waals surface area (Å²) in [6.07, 6.45) is 0. The van der Waals surface area contributed by atoms with Crippen molar-refractivity contribution in [3.63, 3.8) is 0 Å². The fourth-order valence-corrected chi connectivity index (χ4v) is 2.10. The summed E-state index contributed by atoms with van der Waals surface area (Å²) in [4.78, 5) is 0. The summed E-state index contributed by atoms with van der Waals surface area (Å²) in [6, 6.07) is 14.7. The van der Waals surface area contributed by atoms with Crippen molar-refractivity contribution >= 4 is 11.6 Å². The van der Waals surface area contributed by atoms with E-state index in [1.807, 2.05) is 6.07 Å². The second-order valence-electron chi connectivity index (χ2n) is 3.93. The van der Waals surface area contributed by atoms with Gasteiger partial charge in [0.2, 0.25) is 0 Å². The SMILES string of the molecule is N#Cc1c(Cl)cccc1C(C#N)c1ccc(F)cc1. The fraction of sp³-hybridized carbons (Fsp3) is 0.0667. The maximum absolute atomic E-state index is 12.9. The Balaban J connectivity index is 2.56. The molecule has 0 radical (unpaired) electrons. The first-order valence-electron chi connectivity index (χ1n) is 5.51.